The van der Waals surface area contributed by atoms with Gasteiger partial charge in [-0.1, -0.05) is 48.5 Å². The van der Waals surface area contributed by atoms with Crippen molar-refractivity contribution in [3.05, 3.63) is 84.0 Å². The summed E-state index contributed by atoms with van der Waals surface area (Å²) in [4.78, 5) is 22.1. The third-order valence-corrected chi connectivity index (χ3v) is 6.06. The number of aryl methyl sites for hydroxylation is 1. The molecule has 30 heavy (non-hydrogen) atoms. The molecule has 0 saturated heterocycles. The van der Waals surface area contributed by atoms with Crippen LogP contribution in [0.25, 0.3) is 27.1 Å². The summed E-state index contributed by atoms with van der Waals surface area (Å²) in [5, 5.41) is 4.16. The number of carbonyl (C=O) groups excluding carboxylic acids is 1. The van der Waals surface area contributed by atoms with Gasteiger partial charge in [0.25, 0.3) is 0 Å². The number of hydrogen-bond acceptors (Lipinski definition) is 4. The molecule has 3 aromatic heterocycles. The van der Waals surface area contributed by atoms with E-state index in [2.05, 4.69) is 16.4 Å². The van der Waals surface area contributed by atoms with Crippen molar-refractivity contribution in [3.63, 3.8) is 0 Å². The number of fused-ring (bicyclic) bond motifs is 2. The van der Waals surface area contributed by atoms with Crippen molar-refractivity contribution >= 4 is 38.9 Å². The molecule has 3 heterocycles. The molecular weight excluding hydrogens is 392 g/mol. The SMILES string of the molecule is O=C(CCCc1nc2ccccc2s1)Nc1c(-c2ccccc2)nc2ccccn12. The maximum Gasteiger partial charge on any atom is 0.225 e. The molecule has 5 nitrogen and oxygen atoms in total. The highest BCUT2D eigenvalue weighted by atomic mass is 32.1. The normalized spacial score (nSPS) is 11.2. The lowest BCUT2D eigenvalue weighted by atomic mass is 10.1. The predicted molar refractivity (Wildman–Crippen MR) is 122 cm³/mol. The number of anilines is 1. The molecule has 1 amide bonds. The summed E-state index contributed by atoms with van der Waals surface area (Å²) in [6.07, 6.45) is 3.91. The van der Waals surface area contributed by atoms with E-state index >= 15 is 0 Å². The van der Waals surface area contributed by atoms with Gasteiger partial charge >= 0.3 is 0 Å². The smallest absolute Gasteiger partial charge is 0.225 e. The van der Waals surface area contributed by atoms with Crippen LogP contribution in [0.15, 0.2) is 79.0 Å². The molecule has 0 aliphatic heterocycles. The molecule has 148 valence electrons. The van der Waals surface area contributed by atoms with Gasteiger partial charge in [0.15, 0.2) is 0 Å². The first-order valence-corrected chi connectivity index (χ1v) is 10.8. The minimum Gasteiger partial charge on any atom is -0.310 e. The third kappa shape index (κ3) is 3.69. The zero-order valence-corrected chi connectivity index (χ0v) is 17.1. The Labute approximate surface area is 178 Å². The number of nitrogens with zero attached hydrogens (tertiary/aromatic N) is 3. The van der Waals surface area contributed by atoms with Crippen LogP contribution >= 0.6 is 11.3 Å². The fraction of sp³-hybridized carbons (Fsp3) is 0.125. The second kappa shape index (κ2) is 8.08. The lowest BCUT2D eigenvalue weighted by Gasteiger charge is -2.07. The van der Waals surface area contributed by atoms with Gasteiger partial charge in [-0.25, -0.2) is 9.97 Å². The van der Waals surface area contributed by atoms with E-state index in [9.17, 15) is 4.79 Å². The highest BCUT2D eigenvalue weighted by Gasteiger charge is 2.16. The number of benzene rings is 2. The number of pyridine rings is 1. The van der Waals surface area contributed by atoms with Crippen LogP contribution in [0, 0.1) is 0 Å². The van der Waals surface area contributed by atoms with Crippen molar-refractivity contribution in [3.8, 4) is 11.3 Å². The van der Waals surface area contributed by atoms with E-state index in [1.165, 1.54) is 4.70 Å². The Morgan fingerprint density at radius 1 is 0.933 bits per heavy atom. The summed E-state index contributed by atoms with van der Waals surface area (Å²) in [5.74, 6) is 0.695. The van der Waals surface area contributed by atoms with Gasteiger partial charge < -0.3 is 5.32 Å². The van der Waals surface area contributed by atoms with Crippen LogP contribution in [0.3, 0.4) is 0 Å². The molecule has 0 saturated carbocycles. The monoisotopic (exact) mass is 412 g/mol. The van der Waals surface area contributed by atoms with Gasteiger partial charge in [0.2, 0.25) is 5.91 Å². The van der Waals surface area contributed by atoms with Crippen molar-refractivity contribution in [1.82, 2.24) is 14.4 Å². The average molecular weight is 413 g/mol. The van der Waals surface area contributed by atoms with Gasteiger partial charge in [-0.3, -0.25) is 9.20 Å². The Hall–Kier alpha value is -3.51. The first-order valence-electron chi connectivity index (χ1n) is 9.95. The summed E-state index contributed by atoms with van der Waals surface area (Å²) >= 11 is 1.70. The van der Waals surface area contributed by atoms with E-state index in [-0.39, 0.29) is 5.91 Å². The van der Waals surface area contributed by atoms with Gasteiger partial charge in [0, 0.05) is 18.2 Å². The van der Waals surface area contributed by atoms with E-state index in [0.29, 0.717) is 12.2 Å². The first kappa shape index (κ1) is 18.5. The van der Waals surface area contributed by atoms with E-state index in [0.717, 1.165) is 40.3 Å². The molecule has 0 aliphatic rings. The van der Waals surface area contributed by atoms with Crippen LogP contribution in [0.4, 0.5) is 5.82 Å². The minimum absolute atomic E-state index is 0.0149. The predicted octanol–water partition coefficient (Wildman–Crippen LogP) is 5.57. The van der Waals surface area contributed by atoms with E-state index < -0.39 is 0 Å². The van der Waals surface area contributed by atoms with Gasteiger partial charge in [-0.15, -0.1) is 11.3 Å². The Kier molecular flexibility index (Phi) is 4.99. The number of imidazole rings is 1. The van der Waals surface area contributed by atoms with Crippen molar-refractivity contribution in [2.75, 3.05) is 5.32 Å². The quantitative estimate of drug-likeness (QED) is 0.396. The van der Waals surface area contributed by atoms with Gasteiger partial charge in [0.1, 0.15) is 17.2 Å². The molecule has 6 heteroatoms. The van der Waals surface area contributed by atoms with Crippen LogP contribution < -0.4 is 5.32 Å². The highest BCUT2D eigenvalue weighted by Crippen LogP contribution is 2.29. The molecule has 1 N–H and O–H groups in total. The molecule has 2 aromatic carbocycles. The molecule has 0 aliphatic carbocycles. The first-order chi connectivity index (χ1) is 14.8. The molecule has 0 radical (unpaired) electrons. The molecular formula is C24H20N4OS. The average Bonchev–Trinajstić information content (AvgIpc) is 3.36. The van der Waals surface area contributed by atoms with Crippen molar-refractivity contribution < 1.29 is 4.79 Å². The molecule has 0 fully saturated rings. The van der Waals surface area contributed by atoms with Crippen LogP contribution in [0.1, 0.15) is 17.8 Å². The van der Waals surface area contributed by atoms with Crippen molar-refractivity contribution in [2.45, 2.75) is 19.3 Å². The van der Waals surface area contributed by atoms with Crippen LogP contribution in [0.5, 0.6) is 0 Å². The fourth-order valence-electron chi connectivity index (χ4n) is 3.53. The molecule has 0 bridgehead atoms. The number of rotatable bonds is 6. The van der Waals surface area contributed by atoms with Crippen molar-refractivity contribution in [2.24, 2.45) is 0 Å². The van der Waals surface area contributed by atoms with E-state index in [1.807, 2.05) is 77.3 Å². The van der Waals surface area contributed by atoms with Gasteiger partial charge in [-0.05, 0) is 37.1 Å². The Morgan fingerprint density at radius 2 is 1.73 bits per heavy atom. The maximum atomic E-state index is 12.7. The maximum absolute atomic E-state index is 12.7. The number of thiazole rings is 1. The number of nitrogens with one attached hydrogen (secondary N) is 1. The summed E-state index contributed by atoms with van der Waals surface area (Å²) in [6, 6.07) is 23.9. The molecule has 5 rings (SSSR count). The molecule has 0 spiro atoms. The number of carbonyl (C=O) groups is 1. The second-order valence-corrected chi connectivity index (χ2v) is 8.20. The summed E-state index contributed by atoms with van der Waals surface area (Å²) in [7, 11) is 0. The summed E-state index contributed by atoms with van der Waals surface area (Å²) < 4.78 is 3.11. The summed E-state index contributed by atoms with van der Waals surface area (Å²) in [6.45, 7) is 0. The standard InChI is InChI=1S/C24H20N4OS/c29-21(14-8-15-22-25-18-11-4-5-12-19(18)30-22)27-24-23(17-9-2-1-3-10-17)26-20-13-6-7-16-28(20)24/h1-7,9-13,16H,8,14-15H2,(H,27,29). The van der Waals surface area contributed by atoms with Gasteiger partial charge in [-0.2, -0.15) is 0 Å². The molecule has 0 atom stereocenters. The van der Waals surface area contributed by atoms with Crippen LogP contribution in [-0.4, -0.2) is 20.3 Å². The van der Waals surface area contributed by atoms with Gasteiger partial charge in [0.05, 0.1) is 15.2 Å². The second-order valence-electron chi connectivity index (χ2n) is 7.08. The van der Waals surface area contributed by atoms with Crippen LogP contribution in [0.2, 0.25) is 0 Å². The number of para-hydroxylation sites is 1. The molecule has 0 unspecified atom stereocenters. The Bertz CT molecular complexity index is 1290. The third-order valence-electron chi connectivity index (χ3n) is 4.97. The number of amides is 1. The highest BCUT2D eigenvalue weighted by molar-refractivity contribution is 7.18. The zero-order valence-electron chi connectivity index (χ0n) is 16.3. The minimum atomic E-state index is -0.0149. The fourth-order valence-corrected chi connectivity index (χ4v) is 4.54. The Balaban J connectivity index is 1.31. The van der Waals surface area contributed by atoms with E-state index in [1.54, 1.807) is 11.3 Å². The lowest BCUT2D eigenvalue weighted by molar-refractivity contribution is -0.116. The van der Waals surface area contributed by atoms with Crippen molar-refractivity contribution in [1.29, 1.82) is 0 Å². The van der Waals surface area contributed by atoms with Crippen LogP contribution in [-0.2, 0) is 11.2 Å². The largest absolute Gasteiger partial charge is 0.310 e. The topological polar surface area (TPSA) is 59.3 Å². The van der Waals surface area contributed by atoms with E-state index in [4.69, 9.17) is 4.98 Å². The number of aromatic nitrogens is 3. The Morgan fingerprint density at radius 3 is 2.60 bits per heavy atom. The number of hydrogen-bond donors (Lipinski definition) is 1. The zero-order chi connectivity index (χ0) is 20.3. The molecule has 5 aromatic rings. The lowest BCUT2D eigenvalue weighted by Crippen LogP contribution is -2.13. The summed E-state index contributed by atoms with van der Waals surface area (Å²) in [5.41, 5.74) is 3.59.